The van der Waals surface area contributed by atoms with Crippen molar-refractivity contribution >= 4 is 25.8 Å². The van der Waals surface area contributed by atoms with Gasteiger partial charge in [0.2, 0.25) is 0 Å². The van der Waals surface area contributed by atoms with Gasteiger partial charge in [0.15, 0.2) is 0 Å². The van der Waals surface area contributed by atoms with Crippen molar-refractivity contribution in [2.75, 3.05) is 28.2 Å². The van der Waals surface area contributed by atoms with Crippen LogP contribution in [0.1, 0.15) is 37.7 Å². The van der Waals surface area contributed by atoms with Crippen molar-refractivity contribution < 1.29 is 26.2 Å². The first kappa shape index (κ1) is 27.2. The number of nitrogens with zero attached hydrogens (tertiary/aromatic N) is 2. The van der Waals surface area contributed by atoms with Gasteiger partial charge in [0.05, 0.1) is 0 Å². The number of benzene rings is 3. The van der Waals surface area contributed by atoms with Crippen molar-refractivity contribution in [2.45, 2.75) is 19.7 Å². The van der Waals surface area contributed by atoms with Gasteiger partial charge in [0.25, 0.3) is 0 Å². The van der Waals surface area contributed by atoms with E-state index in [-0.39, 0.29) is 26.2 Å². The van der Waals surface area contributed by atoms with Crippen LogP contribution < -0.4 is 0 Å². The summed E-state index contributed by atoms with van der Waals surface area (Å²) >= 11 is -1.49. The topological polar surface area (TPSA) is 28.2 Å². The van der Waals surface area contributed by atoms with Crippen LogP contribution in [0.5, 0.6) is 0 Å². The van der Waals surface area contributed by atoms with Gasteiger partial charge in [-0.05, 0) is 0 Å². The molecule has 32 heavy (non-hydrogen) atoms. The summed E-state index contributed by atoms with van der Waals surface area (Å²) in [5, 5.41) is 7.00. The van der Waals surface area contributed by atoms with E-state index >= 15 is 0 Å². The van der Waals surface area contributed by atoms with Gasteiger partial charge >= 0.3 is 184 Å². The largest absolute Gasteiger partial charge is 2.00 e. The molecule has 4 heteroatoms. The fraction of sp³-hybridized carbons (Fsp3) is 0.286. The maximum atomic E-state index is 3.50. The molecule has 0 saturated carbocycles. The first-order chi connectivity index (χ1) is 15.1. The fourth-order valence-corrected chi connectivity index (χ4v) is 9.74. The number of allylic oxidation sites excluding steroid dienone is 1. The molecule has 2 unspecified atom stereocenters. The zero-order chi connectivity index (χ0) is 22.4. The van der Waals surface area contributed by atoms with E-state index in [1.165, 1.54) is 27.8 Å². The van der Waals surface area contributed by atoms with E-state index in [0.717, 1.165) is 0 Å². The molecule has 1 radical (unpaired) electrons. The van der Waals surface area contributed by atoms with Crippen molar-refractivity contribution in [3.05, 3.63) is 111 Å². The Morgan fingerprint density at radius 3 is 1.84 bits per heavy atom. The number of hydrogen-bond donors (Lipinski definition) is 0. The Bertz CT molecular complexity index is 1040. The molecule has 2 aliphatic rings. The summed E-state index contributed by atoms with van der Waals surface area (Å²) in [6, 6.07) is 24.9. The minimum Gasteiger partial charge on any atom is 2.00 e. The molecular formula is C28H33N2SnZr. The molecule has 0 aromatic heterocycles. The molecule has 0 heterocycles. The summed E-state index contributed by atoms with van der Waals surface area (Å²) in [6.45, 7) is 0. The van der Waals surface area contributed by atoms with Crippen LogP contribution in [0.4, 0.5) is 0 Å². The predicted molar refractivity (Wildman–Crippen MR) is 139 cm³/mol. The van der Waals surface area contributed by atoms with Gasteiger partial charge in [-0.3, -0.25) is 0 Å². The molecule has 0 aliphatic heterocycles. The van der Waals surface area contributed by atoms with E-state index in [1.54, 1.807) is 39.3 Å². The second-order valence-corrected chi connectivity index (χ2v) is 16.1. The van der Waals surface area contributed by atoms with Crippen molar-refractivity contribution in [2.24, 2.45) is 0 Å². The third-order valence-corrected chi connectivity index (χ3v) is 10.7. The maximum Gasteiger partial charge on any atom is 2.00 e. The molecule has 3 aromatic carbocycles. The third kappa shape index (κ3) is 5.55. The van der Waals surface area contributed by atoms with E-state index in [4.69, 9.17) is 0 Å². The Hall–Kier alpha value is -0.998. The molecule has 0 bridgehead atoms. The van der Waals surface area contributed by atoms with E-state index in [9.17, 15) is 0 Å². The average Bonchev–Trinajstić information content (AvgIpc) is 3.34. The van der Waals surface area contributed by atoms with Gasteiger partial charge in [-0.15, -0.1) is 0 Å². The van der Waals surface area contributed by atoms with E-state index < -0.39 is 19.8 Å². The Kier molecular flexibility index (Phi) is 11.1. The summed E-state index contributed by atoms with van der Waals surface area (Å²) in [5.41, 5.74) is 10.5. The quantitative estimate of drug-likeness (QED) is 0.270. The SMILES string of the molecule is C[N-]C.C[N-]C.[CH3][Sn]([CH3])[CH]1c2ccccc2-c2cccc(C3C=Cc4ccccc43)c21.[Zr+2]. The molecule has 0 saturated heterocycles. The molecule has 0 amide bonds. The van der Waals surface area contributed by atoms with E-state index in [2.05, 4.69) is 99.4 Å². The Morgan fingerprint density at radius 2 is 1.19 bits per heavy atom. The van der Waals surface area contributed by atoms with Gasteiger partial charge in [-0.25, -0.2) is 0 Å². The molecule has 0 spiro atoms. The summed E-state index contributed by atoms with van der Waals surface area (Å²) in [7, 11) is 7.00. The molecular weight excluding hydrogens is 574 g/mol. The summed E-state index contributed by atoms with van der Waals surface area (Å²) in [5.74, 6) is 0.408. The van der Waals surface area contributed by atoms with Crippen LogP contribution in [0.15, 0.2) is 72.8 Å². The molecule has 2 nitrogen and oxygen atoms in total. The molecule has 2 atom stereocenters. The molecule has 0 N–H and O–H groups in total. The van der Waals surface area contributed by atoms with Crippen LogP contribution in [0.25, 0.3) is 27.8 Å². The van der Waals surface area contributed by atoms with Gasteiger partial charge in [0.1, 0.15) is 0 Å². The van der Waals surface area contributed by atoms with Gasteiger partial charge in [0, 0.05) is 0 Å². The summed E-state index contributed by atoms with van der Waals surface area (Å²) in [4.78, 5) is 5.10. The van der Waals surface area contributed by atoms with Crippen LogP contribution in [0.3, 0.4) is 0 Å². The number of hydrogen-bond acceptors (Lipinski definition) is 0. The zero-order valence-corrected chi connectivity index (χ0v) is 25.4. The summed E-state index contributed by atoms with van der Waals surface area (Å²) in [6.07, 6.45) is 4.70. The predicted octanol–water partition coefficient (Wildman–Crippen LogP) is 7.49. The van der Waals surface area contributed by atoms with Crippen LogP contribution >= 0.6 is 0 Å². The van der Waals surface area contributed by atoms with Crippen LogP contribution in [-0.2, 0) is 26.2 Å². The van der Waals surface area contributed by atoms with E-state index in [0.29, 0.717) is 9.85 Å². The average molecular weight is 608 g/mol. The van der Waals surface area contributed by atoms with Crippen LogP contribution in [0, 0.1) is 0 Å². The molecule has 2 aliphatic carbocycles. The van der Waals surface area contributed by atoms with Crippen molar-refractivity contribution in [1.29, 1.82) is 0 Å². The number of fused-ring (bicyclic) bond motifs is 4. The first-order valence-electron chi connectivity index (χ1n) is 10.8. The van der Waals surface area contributed by atoms with Crippen molar-refractivity contribution in [3.8, 4) is 11.1 Å². The second kappa shape index (κ2) is 13.0. The monoisotopic (exact) mass is 607 g/mol. The molecule has 5 rings (SSSR count). The zero-order valence-electron chi connectivity index (χ0n) is 20.1. The standard InChI is InChI=1S/C22H15.2C2H6N.2CH3.Sn.Zr/c1-3-8-17-15(6-1)12-13-21(17)20-11-5-10-19-18-9-4-2-7-16(18)14-22(19)20;2*1-3-2;;;;/h1-14,21H;2*1-2H3;2*1H3;;/q;2*-1;;;;+2. The van der Waals surface area contributed by atoms with Gasteiger partial charge in [-0.2, -0.15) is 28.2 Å². The minimum absolute atomic E-state index is 0. The number of rotatable bonds is 2. The molecule has 3 aromatic rings. The third-order valence-electron chi connectivity index (χ3n) is 5.70. The Morgan fingerprint density at radius 1 is 0.656 bits per heavy atom. The minimum atomic E-state index is -1.49. The second-order valence-electron chi connectivity index (χ2n) is 8.27. The fourth-order valence-electron chi connectivity index (χ4n) is 4.68. The van der Waals surface area contributed by atoms with Crippen LogP contribution in [0.2, 0.25) is 9.88 Å². The van der Waals surface area contributed by atoms with Gasteiger partial charge in [-0.1, -0.05) is 0 Å². The first-order valence-corrected chi connectivity index (χ1v) is 18.2. The normalized spacial score (nSPS) is 16.6. The molecule has 163 valence electrons. The molecule has 0 fully saturated rings. The Balaban J connectivity index is 0.000000471. The van der Waals surface area contributed by atoms with Crippen molar-refractivity contribution in [3.63, 3.8) is 0 Å². The van der Waals surface area contributed by atoms with Crippen molar-refractivity contribution in [1.82, 2.24) is 0 Å². The maximum absolute atomic E-state index is 3.50. The van der Waals surface area contributed by atoms with E-state index in [1.807, 2.05) is 0 Å². The Labute approximate surface area is 220 Å². The smallest absolute Gasteiger partial charge is 2.00 e. The summed E-state index contributed by atoms with van der Waals surface area (Å²) < 4.78 is 0.686. The van der Waals surface area contributed by atoms with Gasteiger partial charge < -0.3 is 10.6 Å². The van der Waals surface area contributed by atoms with Crippen LogP contribution in [-0.4, -0.2) is 48.0 Å².